The molecule has 1 aliphatic heterocycles. The average Bonchev–Trinajstić information content (AvgIpc) is 2.87. The van der Waals surface area contributed by atoms with Crippen LogP contribution in [0.5, 0.6) is 0 Å². The summed E-state index contributed by atoms with van der Waals surface area (Å²) in [4.78, 5) is 14.0. The monoisotopic (exact) mass is 283 g/mol. The van der Waals surface area contributed by atoms with Crippen molar-refractivity contribution in [2.24, 2.45) is 0 Å². The molecular formula is C13H21N3O2S. The molecule has 2 unspecified atom stereocenters. The normalized spacial score (nSPS) is 24.5. The Kier molecular flexibility index (Phi) is 4.90. The maximum absolute atomic E-state index is 10.7. The molecule has 0 radical (unpaired) electrons. The Hall–Kier alpha value is -0.980. The number of nitro groups is 1. The average molecular weight is 283 g/mol. The Morgan fingerprint density at radius 1 is 1.47 bits per heavy atom. The highest BCUT2D eigenvalue weighted by Crippen LogP contribution is 2.26. The van der Waals surface area contributed by atoms with E-state index in [9.17, 15) is 10.1 Å². The van der Waals surface area contributed by atoms with Crippen molar-refractivity contribution in [3.63, 3.8) is 0 Å². The number of nitrogens with one attached hydrogen (secondary N) is 1. The first kappa shape index (κ1) is 14.4. The summed E-state index contributed by atoms with van der Waals surface area (Å²) in [5.74, 6) is 0. The zero-order chi connectivity index (χ0) is 13.8. The Labute approximate surface area is 117 Å². The van der Waals surface area contributed by atoms with Crippen molar-refractivity contribution in [1.82, 2.24) is 10.2 Å². The number of thiophene rings is 1. The summed E-state index contributed by atoms with van der Waals surface area (Å²) in [6.07, 6.45) is 2.23. The molecule has 5 nitrogen and oxygen atoms in total. The predicted molar refractivity (Wildman–Crippen MR) is 77.5 cm³/mol. The minimum Gasteiger partial charge on any atom is -0.311 e. The molecule has 0 saturated carbocycles. The van der Waals surface area contributed by atoms with Crippen molar-refractivity contribution in [3.05, 3.63) is 27.1 Å². The van der Waals surface area contributed by atoms with Crippen molar-refractivity contribution in [3.8, 4) is 0 Å². The first-order chi connectivity index (χ1) is 9.13. The highest BCUT2D eigenvalue weighted by atomic mass is 32.1. The summed E-state index contributed by atoms with van der Waals surface area (Å²) in [5.41, 5.74) is 0. The van der Waals surface area contributed by atoms with E-state index in [0.29, 0.717) is 12.1 Å². The predicted octanol–water partition coefficient (Wildman–Crippen LogP) is 2.62. The zero-order valence-corrected chi connectivity index (χ0v) is 12.3. The second kappa shape index (κ2) is 6.45. The molecule has 2 heterocycles. The summed E-state index contributed by atoms with van der Waals surface area (Å²) in [6.45, 7) is 7.26. The molecular weight excluding hydrogens is 262 g/mol. The van der Waals surface area contributed by atoms with Gasteiger partial charge in [-0.15, -0.1) is 0 Å². The third-order valence-electron chi connectivity index (χ3n) is 3.76. The highest BCUT2D eigenvalue weighted by molar-refractivity contribution is 7.15. The quantitative estimate of drug-likeness (QED) is 0.666. The lowest BCUT2D eigenvalue weighted by molar-refractivity contribution is -0.380. The van der Waals surface area contributed by atoms with E-state index in [-0.39, 0.29) is 9.92 Å². The first-order valence-corrected chi connectivity index (χ1v) is 7.66. The van der Waals surface area contributed by atoms with E-state index in [0.717, 1.165) is 37.4 Å². The number of rotatable bonds is 5. The van der Waals surface area contributed by atoms with E-state index in [1.807, 2.05) is 6.07 Å². The SMILES string of the molecule is CCC1CN(Cc2ccc([N+](=O)[O-])s2)C(CC)CN1. The van der Waals surface area contributed by atoms with Gasteiger partial charge in [-0.25, -0.2) is 0 Å². The lowest BCUT2D eigenvalue weighted by Crippen LogP contribution is -2.55. The van der Waals surface area contributed by atoms with Crippen LogP contribution in [0.2, 0.25) is 0 Å². The molecule has 0 spiro atoms. The molecule has 0 amide bonds. The van der Waals surface area contributed by atoms with Gasteiger partial charge < -0.3 is 5.32 Å². The molecule has 1 N–H and O–H groups in total. The Morgan fingerprint density at radius 2 is 2.26 bits per heavy atom. The summed E-state index contributed by atoms with van der Waals surface area (Å²) < 4.78 is 0. The van der Waals surface area contributed by atoms with Crippen LogP contribution >= 0.6 is 11.3 Å². The molecule has 1 aliphatic rings. The van der Waals surface area contributed by atoms with Crippen molar-refractivity contribution < 1.29 is 4.92 Å². The van der Waals surface area contributed by atoms with Gasteiger partial charge >= 0.3 is 5.00 Å². The van der Waals surface area contributed by atoms with Gasteiger partial charge in [0.1, 0.15) is 0 Å². The number of hydrogen-bond acceptors (Lipinski definition) is 5. The van der Waals surface area contributed by atoms with Crippen LogP contribution in [-0.4, -0.2) is 35.0 Å². The van der Waals surface area contributed by atoms with Crippen LogP contribution in [0.15, 0.2) is 12.1 Å². The number of piperazine rings is 1. The van der Waals surface area contributed by atoms with Crippen LogP contribution in [0.4, 0.5) is 5.00 Å². The van der Waals surface area contributed by atoms with Crippen molar-refractivity contribution in [1.29, 1.82) is 0 Å². The van der Waals surface area contributed by atoms with Crippen LogP contribution in [0, 0.1) is 10.1 Å². The number of nitrogens with zero attached hydrogens (tertiary/aromatic N) is 2. The van der Waals surface area contributed by atoms with Crippen LogP contribution in [0.1, 0.15) is 31.6 Å². The fourth-order valence-corrected chi connectivity index (χ4v) is 3.39. The van der Waals surface area contributed by atoms with Gasteiger partial charge in [-0.05, 0) is 18.9 Å². The third kappa shape index (κ3) is 3.52. The molecule has 1 saturated heterocycles. The zero-order valence-electron chi connectivity index (χ0n) is 11.5. The summed E-state index contributed by atoms with van der Waals surface area (Å²) in [6, 6.07) is 4.57. The third-order valence-corrected chi connectivity index (χ3v) is 4.79. The second-order valence-corrected chi connectivity index (χ2v) is 6.15. The van der Waals surface area contributed by atoms with Crippen LogP contribution in [0.25, 0.3) is 0 Å². The summed E-state index contributed by atoms with van der Waals surface area (Å²) in [7, 11) is 0. The van der Waals surface area contributed by atoms with Crippen LogP contribution in [0.3, 0.4) is 0 Å². The van der Waals surface area contributed by atoms with E-state index in [4.69, 9.17) is 0 Å². The molecule has 0 aromatic carbocycles. The molecule has 2 atom stereocenters. The van der Waals surface area contributed by atoms with Gasteiger partial charge in [0, 0.05) is 42.7 Å². The maximum atomic E-state index is 10.7. The van der Waals surface area contributed by atoms with Crippen molar-refractivity contribution in [2.45, 2.75) is 45.3 Å². The van der Waals surface area contributed by atoms with Crippen LogP contribution < -0.4 is 5.32 Å². The topological polar surface area (TPSA) is 58.4 Å². The van der Waals surface area contributed by atoms with Gasteiger partial charge in [0.05, 0.1) is 4.92 Å². The standard InChI is InChI=1S/C13H21N3O2S/c1-3-10-8-15(11(4-2)7-14-10)9-12-5-6-13(19-12)16(17)18/h5-6,10-11,14H,3-4,7-9H2,1-2H3. The van der Waals surface area contributed by atoms with Gasteiger partial charge in [0.15, 0.2) is 0 Å². The van der Waals surface area contributed by atoms with Gasteiger partial charge in [-0.3, -0.25) is 15.0 Å². The fraction of sp³-hybridized carbons (Fsp3) is 0.692. The molecule has 19 heavy (non-hydrogen) atoms. The van der Waals surface area contributed by atoms with Gasteiger partial charge in [-0.2, -0.15) is 0 Å². The summed E-state index contributed by atoms with van der Waals surface area (Å²) in [5, 5.41) is 14.5. The number of hydrogen-bond donors (Lipinski definition) is 1. The lowest BCUT2D eigenvalue weighted by atomic mass is 10.1. The highest BCUT2D eigenvalue weighted by Gasteiger charge is 2.26. The second-order valence-electron chi connectivity index (χ2n) is 5.00. The molecule has 0 bridgehead atoms. The largest absolute Gasteiger partial charge is 0.324 e. The van der Waals surface area contributed by atoms with E-state index >= 15 is 0 Å². The van der Waals surface area contributed by atoms with E-state index in [1.54, 1.807) is 6.07 Å². The molecule has 1 aromatic heterocycles. The Bertz CT molecular complexity index is 435. The maximum Gasteiger partial charge on any atom is 0.324 e. The van der Waals surface area contributed by atoms with Crippen LogP contribution in [-0.2, 0) is 6.54 Å². The molecule has 0 aliphatic carbocycles. The van der Waals surface area contributed by atoms with Gasteiger partial charge in [0.2, 0.25) is 0 Å². The fourth-order valence-electron chi connectivity index (χ4n) is 2.55. The minimum atomic E-state index is -0.307. The molecule has 1 fully saturated rings. The molecule has 2 rings (SSSR count). The Balaban J connectivity index is 2.03. The van der Waals surface area contributed by atoms with Gasteiger partial charge in [0.25, 0.3) is 0 Å². The van der Waals surface area contributed by atoms with E-state index in [2.05, 4.69) is 24.1 Å². The van der Waals surface area contributed by atoms with Crippen molar-refractivity contribution in [2.75, 3.05) is 13.1 Å². The van der Waals surface area contributed by atoms with E-state index < -0.39 is 0 Å². The Morgan fingerprint density at radius 3 is 2.84 bits per heavy atom. The smallest absolute Gasteiger partial charge is 0.311 e. The first-order valence-electron chi connectivity index (χ1n) is 6.84. The lowest BCUT2D eigenvalue weighted by Gasteiger charge is -2.39. The minimum absolute atomic E-state index is 0.241. The van der Waals surface area contributed by atoms with E-state index in [1.165, 1.54) is 11.3 Å². The van der Waals surface area contributed by atoms with Gasteiger partial charge in [-0.1, -0.05) is 25.2 Å². The molecule has 106 valence electrons. The molecule has 6 heteroatoms. The molecule has 1 aromatic rings. The van der Waals surface area contributed by atoms with Crippen molar-refractivity contribution >= 4 is 16.3 Å². The summed E-state index contributed by atoms with van der Waals surface area (Å²) >= 11 is 1.29.